The molecule has 0 spiro atoms. The normalized spacial score (nSPS) is 13.4. The predicted molar refractivity (Wildman–Crippen MR) is 102 cm³/mol. The minimum Gasteiger partial charge on any atom is -0.454 e. The average Bonchev–Trinajstić information content (AvgIpc) is 3.31. The number of fused-ring (bicyclic) bond motifs is 1. The third-order valence-electron chi connectivity index (χ3n) is 4.33. The summed E-state index contributed by atoms with van der Waals surface area (Å²) in [6, 6.07) is 15.5. The Morgan fingerprint density at radius 2 is 2.00 bits per heavy atom. The molecule has 0 aliphatic carbocycles. The fraction of sp³-hybridized carbons (Fsp3) is 0.200. The third kappa shape index (κ3) is 3.28. The van der Waals surface area contributed by atoms with Crippen LogP contribution in [0.25, 0.3) is 11.3 Å². The number of ether oxygens (including phenoxy) is 2. The van der Waals surface area contributed by atoms with Gasteiger partial charge in [0, 0.05) is 10.9 Å². The molecule has 0 bridgehead atoms. The lowest BCUT2D eigenvalue weighted by Crippen LogP contribution is -2.20. The molecule has 0 saturated carbocycles. The van der Waals surface area contributed by atoms with Crippen molar-refractivity contribution in [3.63, 3.8) is 0 Å². The molecule has 1 amide bonds. The lowest BCUT2D eigenvalue weighted by atomic mass is 9.96. The van der Waals surface area contributed by atoms with Crippen molar-refractivity contribution in [2.45, 2.75) is 19.3 Å². The van der Waals surface area contributed by atoms with Gasteiger partial charge < -0.3 is 14.8 Å². The summed E-state index contributed by atoms with van der Waals surface area (Å²) < 4.78 is 10.7. The maximum atomic E-state index is 12.7. The van der Waals surface area contributed by atoms with Crippen LogP contribution < -0.4 is 14.8 Å². The molecule has 1 aliphatic heterocycles. The van der Waals surface area contributed by atoms with Gasteiger partial charge in [0.05, 0.1) is 11.6 Å². The van der Waals surface area contributed by atoms with E-state index in [1.54, 1.807) is 0 Å². The number of rotatable bonds is 5. The molecule has 6 heteroatoms. The minimum absolute atomic E-state index is 0.0368. The van der Waals surface area contributed by atoms with Gasteiger partial charge in [-0.05, 0) is 30.2 Å². The number of hydrogen-bond donors (Lipinski definition) is 1. The topological polar surface area (TPSA) is 60.5 Å². The van der Waals surface area contributed by atoms with Gasteiger partial charge in [-0.1, -0.05) is 37.3 Å². The van der Waals surface area contributed by atoms with Crippen LogP contribution >= 0.6 is 11.3 Å². The van der Waals surface area contributed by atoms with Gasteiger partial charge in [-0.15, -0.1) is 11.3 Å². The van der Waals surface area contributed by atoms with Crippen LogP contribution in [0.5, 0.6) is 11.5 Å². The highest BCUT2D eigenvalue weighted by Gasteiger charge is 2.20. The Morgan fingerprint density at radius 1 is 1.19 bits per heavy atom. The zero-order valence-corrected chi connectivity index (χ0v) is 15.1. The quantitative estimate of drug-likeness (QED) is 0.713. The van der Waals surface area contributed by atoms with Crippen LogP contribution in [0, 0.1) is 0 Å². The van der Waals surface area contributed by atoms with Crippen LogP contribution in [-0.4, -0.2) is 17.7 Å². The second-order valence-corrected chi connectivity index (χ2v) is 6.82. The highest BCUT2D eigenvalue weighted by Crippen LogP contribution is 2.36. The fourth-order valence-electron chi connectivity index (χ4n) is 2.97. The predicted octanol–water partition coefficient (Wildman–Crippen LogP) is 4.67. The van der Waals surface area contributed by atoms with Gasteiger partial charge in [-0.25, -0.2) is 4.98 Å². The van der Waals surface area contributed by atoms with Crippen LogP contribution in [0.15, 0.2) is 53.9 Å². The SMILES string of the molecule is CCC(C(=O)Nc1nc(-c2ccc3c(c2)OCO3)cs1)c1ccccc1. The van der Waals surface area contributed by atoms with E-state index >= 15 is 0 Å². The summed E-state index contributed by atoms with van der Waals surface area (Å²) in [5, 5.41) is 5.47. The number of thiazole rings is 1. The number of hydrogen-bond acceptors (Lipinski definition) is 5. The summed E-state index contributed by atoms with van der Waals surface area (Å²) in [5.41, 5.74) is 2.75. The van der Waals surface area contributed by atoms with Gasteiger partial charge >= 0.3 is 0 Å². The largest absolute Gasteiger partial charge is 0.454 e. The summed E-state index contributed by atoms with van der Waals surface area (Å²) >= 11 is 1.41. The third-order valence-corrected chi connectivity index (χ3v) is 5.09. The molecule has 0 fully saturated rings. The summed E-state index contributed by atoms with van der Waals surface area (Å²) in [4.78, 5) is 17.2. The number of anilines is 1. The van der Waals surface area contributed by atoms with E-state index in [-0.39, 0.29) is 18.6 Å². The Kier molecular flexibility index (Phi) is 4.58. The van der Waals surface area contributed by atoms with Crippen molar-refractivity contribution in [2.24, 2.45) is 0 Å². The smallest absolute Gasteiger partial charge is 0.233 e. The molecule has 132 valence electrons. The molecule has 0 saturated heterocycles. The van der Waals surface area contributed by atoms with Crippen molar-refractivity contribution < 1.29 is 14.3 Å². The molecule has 26 heavy (non-hydrogen) atoms. The van der Waals surface area contributed by atoms with Crippen molar-refractivity contribution in [1.29, 1.82) is 0 Å². The second-order valence-electron chi connectivity index (χ2n) is 5.97. The molecular formula is C20H18N2O3S. The molecule has 2 heterocycles. The van der Waals surface area contributed by atoms with Gasteiger partial charge in [0.15, 0.2) is 16.6 Å². The molecule has 1 aromatic heterocycles. The molecule has 0 radical (unpaired) electrons. The van der Waals surface area contributed by atoms with Gasteiger partial charge in [-0.2, -0.15) is 0 Å². The molecule has 1 aliphatic rings. The standard InChI is InChI=1S/C20H18N2O3S/c1-2-15(13-6-4-3-5-7-13)19(23)22-20-21-16(11-26-20)14-8-9-17-18(10-14)25-12-24-17/h3-11,15H,2,12H2,1H3,(H,21,22,23). The first-order chi connectivity index (χ1) is 12.7. The van der Waals surface area contributed by atoms with E-state index in [0.717, 1.165) is 34.7 Å². The van der Waals surface area contributed by atoms with Crippen molar-refractivity contribution in [3.8, 4) is 22.8 Å². The van der Waals surface area contributed by atoms with Gasteiger partial charge in [0.1, 0.15) is 0 Å². The van der Waals surface area contributed by atoms with E-state index in [1.165, 1.54) is 11.3 Å². The second kappa shape index (κ2) is 7.17. The maximum Gasteiger partial charge on any atom is 0.233 e. The van der Waals surface area contributed by atoms with Crippen LogP contribution in [0.1, 0.15) is 24.8 Å². The highest BCUT2D eigenvalue weighted by molar-refractivity contribution is 7.14. The zero-order valence-electron chi connectivity index (χ0n) is 14.3. The summed E-state index contributed by atoms with van der Waals surface area (Å²) in [7, 11) is 0. The summed E-state index contributed by atoms with van der Waals surface area (Å²) in [6.07, 6.45) is 0.732. The number of aromatic nitrogens is 1. The van der Waals surface area contributed by atoms with E-state index in [2.05, 4.69) is 10.3 Å². The van der Waals surface area contributed by atoms with Crippen LogP contribution in [0.2, 0.25) is 0 Å². The summed E-state index contributed by atoms with van der Waals surface area (Å²) in [5.74, 6) is 1.24. The monoisotopic (exact) mass is 366 g/mol. The molecule has 3 aromatic rings. The van der Waals surface area contributed by atoms with Crippen molar-refractivity contribution in [2.75, 3.05) is 12.1 Å². The minimum atomic E-state index is -0.186. The average molecular weight is 366 g/mol. The van der Waals surface area contributed by atoms with E-state index in [1.807, 2.05) is 60.8 Å². The zero-order chi connectivity index (χ0) is 17.9. The maximum absolute atomic E-state index is 12.7. The molecular weight excluding hydrogens is 348 g/mol. The van der Waals surface area contributed by atoms with Crippen molar-refractivity contribution >= 4 is 22.4 Å². The molecule has 2 aromatic carbocycles. The number of nitrogens with one attached hydrogen (secondary N) is 1. The molecule has 4 rings (SSSR count). The number of carbonyl (C=O) groups excluding carboxylic acids is 1. The van der Waals surface area contributed by atoms with E-state index in [9.17, 15) is 4.79 Å². The van der Waals surface area contributed by atoms with Crippen molar-refractivity contribution in [3.05, 3.63) is 59.5 Å². The van der Waals surface area contributed by atoms with E-state index < -0.39 is 0 Å². The van der Waals surface area contributed by atoms with Crippen molar-refractivity contribution in [1.82, 2.24) is 4.98 Å². The first-order valence-corrected chi connectivity index (χ1v) is 9.34. The Balaban J connectivity index is 1.50. The first-order valence-electron chi connectivity index (χ1n) is 8.46. The van der Waals surface area contributed by atoms with E-state index in [4.69, 9.17) is 9.47 Å². The number of amides is 1. The van der Waals surface area contributed by atoms with E-state index in [0.29, 0.717) is 5.13 Å². The Morgan fingerprint density at radius 3 is 2.81 bits per heavy atom. The number of benzene rings is 2. The first kappa shape index (κ1) is 16.6. The molecule has 1 N–H and O–H groups in total. The Labute approximate surface area is 155 Å². The number of nitrogens with zero attached hydrogens (tertiary/aromatic N) is 1. The molecule has 5 nitrogen and oxygen atoms in total. The van der Waals surface area contributed by atoms with Gasteiger partial charge in [0.25, 0.3) is 0 Å². The van der Waals surface area contributed by atoms with Crippen LogP contribution in [0.4, 0.5) is 5.13 Å². The Bertz CT molecular complexity index is 924. The highest BCUT2D eigenvalue weighted by atomic mass is 32.1. The Hall–Kier alpha value is -2.86. The molecule has 1 atom stereocenters. The molecule has 1 unspecified atom stereocenters. The van der Waals surface area contributed by atoms with Crippen LogP contribution in [0.3, 0.4) is 0 Å². The lowest BCUT2D eigenvalue weighted by Gasteiger charge is -2.14. The fourth-order valence-corrected chi connectivity index (χ4v) is 3.69. The number of carbonyl (C=O) groups is 1. The van der Waals surface area contributed by atoms with Gasteiger partial charge in [-0.3, -0.25) is 4.79 Å². The lowest BCUT2D eigenvalue weighted by molar-refractivity contribution is -0.117. The summed E-state index contributed by atoms with van der Waals surface area (Å²) in [6.45, 7) is 2.26. The van der Waals surface area contributed by atoms with Crippen LogP contribution in [-0.2, 0) is 4.79 Å². The van der Waals surface area contributed by atoms with Gasteiger partial charge in [0.2, 0.25) is 12.7 Å².